The molecule has 10 heteroatoms. The molecule has 0 saturated heterocycles. The van der Waals surface area contributed by atoms with Crippen molar-refractivity contribution in [1.82, 2.24) is 24.7 Å². The van der Waals surface area contributed by atoms with Crippen molar-refractivity contribution < 1.29 is 9.59 Å². The van der Waals surface area contributed by atoms with E-state index in [0.29, 0.717) is 49.0 Å². The minimum atomic E-state index is -0.221. The van der Waals surface area contributed by atoms with E-state index in [1.54, 1.807) is 11.1 Å². The van der Waals surface area contributed by atoms with Crippen molar-refractivity contribution in [1.29, 1.82) is 0 Å². The lowest BCUT2D eigenvalue weighted by molar-refractivity contribution is -0.131. The van der Waals surface area contributed by atoms with Crippen molar-refractivity contribution in [2.45, 2.75) is 6.54 Å². The number of nitrogens with one attached hydrogen (secondary N) is 3. The van der Waals surface area contributed by atoms with Crippen LogP contribution in [0.1, 0.15) is 11.1 Å². The molecule has 0 spiro atoms. The summed E-state index contributed by atoms with van der Waals surface area (Å²) in [6.07, 6.45) is 3.13. The summed E-state index contributed by atoms with van der Waals surface area (Å²) in [5, 5.41) is 9.38. The van der Waals surface area contributed by atoms with E-state index in [9.17, 15) is 9.59 Å². The molecule has 174 valence electrons. The normalized spacial score (nSPS) is 20.3. The quantitative estimate of drug-likeness (QED) is 0.549. The molecule has 1 aromatic heterocycles. The Bertz CT molecular complexity index is 1070. The van der Waals surface area contributed by atoms with Crippen molar-refractivity contribution in [2.24, 2.45) is 0 Å². The second kappa shape index (κ2) is 9.97. The monoisotopic (exact) mass is 450 g/mol. The van der Waals surface area contributed by atoms with Gasteiger partial charge in [0.1, 0.15) is 18.0 Å². The fourth-order valence-corrected chi connectivity index (χ4v) is 3.85. The summed E-state index contributed by atoms with van der Waals surface area (Å²) < 4.78 is 0. The van der Waals surface area contributed by atoms with E-state index in [1.165, 1.54) is 6.33 Å². The summed E-state index contributed by atoms with van der Waals surface area (Å²) in [5.41, 5.74) is 3.06. The maximum atomic E-state index is 12.6. The molecule has 1 aromatic carbocycles. The summed E-state index contributed by atoms with van der Waals surface area (Å²) >= 11 is 0. The van der Waals surface area contributed by atoms with Crippen LogP contribution in [0, 0.1) is 0 Å². The third kappa shape index (κ3) is 5.47. The zero-order valence-electron chi connectivity index (χ0n) is 19.3. The molecular weight excluding hydrogens is 420 g/mol. The Morgan fingerprint density at radius 2 is 1.76 bits per heavy atom. The molecule has 2 aliphatic rings. The molecule has 3 N–H and O–H groups in total. The molecule has 0 unspecified atom stereocenters. The average Bonchev–Trinajstić information content (AvgIpc) is 3.11. The highest BCUT2D eigenvalue weighted by molar-refractivity contribution is 6.32. The van der Waals surface area contributed by atoms with Gasteiger partial charge in [-0.2, -0.15) is 0 Å². The number of amides is 2. The number of anilines is 3. The van der Waals surface area contributed by atoms with Gasteiger partial charge in [-0.3, -0.25) is 14.5 Å². The van der Waals surface area contributed by atoms with Gasteiger partial charge in [0.25, 0.3) is 5.91 Å². The molecule has 10 nitrogen and oxygen atoms in total. The predicted octanol–water partition coefficient (Wildman–Crippen LogP) is 1.13. The van der Waals surface area contributed by atoms with Gasteiger partial charge >= 0.3 is 0 Å². The highest BCUT2D eigenvalue weighted by Gasteiger charge is 2.29. The Hall–Kier alpha value is -3.50. The lowest BCUT2D eigenvalue weighted by Gasteiger charge is -2.24. The summed E-state index contributed by atoms with van der Waals surface area (Å²) in [7, 11) is 5.80. The van der Waals surface area contributed by atoms with Gasteiger partial charge in [-0.1, -0.05) is 12.1 Å². The second-order valence-electron chi connectivity index (χ2n) is 8.52. The van der Waals surface area contributed by atoms with E-state index >= 15 is 0 Å². The Labute approximate surface area is 193 Å². The molecule has 3 heterocycles. The zero-order valence-corrected chi connectivity index (χ0v) is 19.3. The number of carbonyl (C=O) groups excluding carboxylic acids is 2. The van der Waals surface area contributed by atoms with Crippen molar-refractivity contribution in [2.75, 3.05) is 69.8 Å². The number of rotatable bonds is 0. The maximum absolute atomic E-state index is 12.6. The number of fused-ring (bicyclic) bond motifs is 2. The molecule has 33 heavy (non-hydrogen) atoms. The number of carbonyl (C=O) groups is 2. The minimum absolute atomic E-state index is 0.0927. The van der Waals surface area contributed by atoms with Crippen LogP contribution in [-0.4, -0.2) is 90.3 Å². The summed E-state index contributed by atoms with van der Waals surface area (Å²) in [6.45, 7) is 3.78. The van der Waals surface area contributed by atoms with Crippen LogP contribution in [0.3, 0.4) is 0 Å². The van der Waals surface area contributed by atoms with E-state index in [-0.39, 0.29) is 11.8 Å². The van der Waals surface area contributed by atoms with Gasteiger partial charge in [0.15, 0.2) is 0 Å². The van der Waals surface area contributed by atoms with Gasteiger partial charge in [0.05, 0.1) is 17.7 Å². The van der Waals surface area contributed by atoms with Crippen LogP contribution in [0.15, 0.2) is 36.8 Å². The van der Waals surface area contributed by atoms with Crippen molar-refractivity contribution in [3.8, 4) is 0 Å². The first-order valence-electron chi connectivity index (χ1n) is 11.0. The Morgan fingerprint density at radius 3 is 2.61 bits per heavy atom. The second-order valence-corrected chi connectivity index (χ2v) is 8.52. The van der Waals surface area contributed by atoms with Crippen LogP contribution < -0.4 is 16.0 Å². The first kappa shape index (κ1) is 22.7. The largest absolute Gasteiger partial charge is 0.368 e. The zero-order chi connectivity index (χ0) is 23.4. The third-order valence-corrected chi connectivity index (χ3v) is 5.79. The van der Waals surface area contributed by atoms with Crippen LogP contribution in [0.2, 0.25) is 0 Å². The smallest absolute Gasteiger partial charge is 0.259 e. The van der Waals surface area contributed by atoms with Gasteiger partial charge in [-0.15, -0.1) is 0 Å². The molecule has 0 radical (unpaired) electrons. The third-order valence-electron chi connectivity index (χ3n) is 5.79. The first-order valence-corrected chi connectivity index (χ1v) is 11.0. The van der Waals surface area contributed by atoms with Crippen LogP contribution >= 0.6 is 0 Å². The van der Waals surface area contributed by atoms with Gasteiger partial charge in [-0.05, 0) is 31.8 Å². The van der Waals surface area contributed by atoms with E-state index in [0.717, 1.165) is 24.3 Å². The molecule has 4 rings (SSSR count). The van der Waals surface area contributed by atoms with Gasteiger partial charge in [0.2, 0.25) is 5.91 Å². The van der Waals surface area contributed by atoms with Crippen molar-refractivity contribution in [3.05, 3.63) is 47.9 Å². The standard InChI is InChI=1S/C23H30N8O2/c1-29-8-7-24-21-20-18(23(33)28-22(20)27-15-26-21)12-25-17-6-4-5-16(11-17)13-30(2)14-19(32)31(3)10-9-29/h4-6,11-12,15,25H,7-10,13-14H2,1-3H3,(H2,24,26,27,28,33)/b18-12-. The molecular formula is C23H30N8O2. The van der Waals surface area contributed by atoms with E-state index in [2.05, 4.69) is 30.8 Å². The Balaban J connectivity index is 1.63. The Morgan fingerprint density at radius 1 is 0.939 bits per heavy atom. The van der Waals surface area contributed by atoms with Crippen LogP contribution in [0.25, 0.3) is 5.57 Å². The molecule has 2 aliphatic heterocycles. The molecule has 0 saturated carbocycles. The number of hydrogen-bond donors (Lipinski definition) is 3. The maximum Gasteiger partial charge on any atom is 0.259 e. The van der Waals surface area contributed by atoms with E-state index in [4.69, 9.17) is 0 Å². The van der Waals surface area contributed by atoms with Crippen molar-refractivity contribution in [3.63, 3.8) is 0 Å². The number of nitrogens with zero attached hydrogens (tertiary/aromatic N) is 5. The first-order chi connectivity index (χ1) is 15.9. The van der Waals surface area contributed by atoms with Gasteiger partial charge in [0, 0.05) is 51.7 Å². The average molecular weight is 451 g/mol. The fourth-order valence-electron chi connectivity index (χ4n) is 3.85. The lowest BCUT2D eigenvalue weighted by Crippen LogP contribution is -2.40. The number of likely N-dealkylation sites (N-methyl/N-ethyl adjacent to an activating group) is 3. The van der Waals surface area contributed by atoms with Crippen LogP contribution in [0.5, 0.6) is 0 Å². The molecule has 0 fully saturated rings. The number of benzene rings is 1. The lowest BCUT2D eigenvalue weighted by atomic mass is 10.1. The molecule has 2 aromatic rings. The molecule has 2 amide bonds. The van der Waals surface area contributed by atoms with Gasteiger partial charge < -0.3 is 25.8 Å². The van der Waals surface area contributed by atoms with Crippen LogP contribution in [0.4, 0.5) is 17.3 Å². The Kier molecular flexibility index (Phi) is 6.85. The topological polar surface area (TPSA) is 106 Å². The van der Waals surface area contributed by atoms with Crippen LogP contribution in [-0.2, 0) is 16.1 Å². The fraction of sp³-hybridized carbons (Fsp3) is 0.391. The molecule has 2 bridgehead atoms. The number of aromatic nitrogens is 2. The highest BCUT2D eigenvalue weighted by Crippen LogP contribution is 2.34. The summed E-state index contributed by atoms with van der Waals surface area (Å²) in [5.74, 6) is 0.984. The molecule has 0 aliphatic carbocycles. The van der Waals surface area contributed by atoms with E-state index in [1.807, 2.05) is 50.3 Å². The predicted molar refractivity (Wildman–Crippen MR) is 129 cm³/mol. The summed E-state index contributed by atoms with van der Waals surface area (Å²) in [6, 6.07) is 7.93. The number of hydrogen-bond acceptors (Lipinski definition) is 8. The summed E-state index contributed by atoms with van der Waals surface area (Å²) in [4.78, 5) is 39.8. The highest BCUT2D eigenvalue weighted by atomic mass is 16.2. The SMILES string of the molecule is CN1CCNc2ncnc3c2/C(=C/Nc2cccc(c2)CN(C)CC(=O)N(C)CC1)C(=O)N3. The van der Waals surface area contributed by atoms with Gasteiger partial charge in [-0.25, -0.2) is 9.97 Å². The van der Waals surface area contributed by atoms with E-state index < -0.39 is 0 Å². The minimum Gasteiger partial charge on any atom is -0.368 e. The molecule has 0 atom stereocenters. The van der Waals surface area contributed by atoms with Crippen molar-refractivity contribution >= 4 is 34.7 Å².